The summed E-state index contributed by atoms with van der Waals surface area (Å²) in [5, 5.41) is 3.77. The normalized spacial score (nSPS) is 23.6. The van der Waals surface area contributed by atoms with E-state index in [0.29, 0.717) is 10.5 Å². The Bertz CT molecular complexity index is 438. The summed E-state index contributed by atoms with van der Waals surface area (Å²) in [7, 11) is 0. The lowest BCUT2D eigenvalue weighted by atomic mass is 9.79. The minimum Gasteiger partial charge on any atom is -0.313 e. The summed E-state index contributed by atoms with van der Waals surface area (Å²) < 4.78 is 15.0. The average molecular weight is 349 g/mol. The van der Waals surface area contributed by atoms with E-state index < -0.39 is 0 Å². The van der Waals surface area contributed by atoms with Gasteiger partial charge in [0.15, 0.2) is 0 Å². The lowest BCUT2D eigenvalue weighted by Crippen LogP contribution is -2.38. The first kappa shape index (κ1) is 15.3. The number of hydrogen-bond donors (Lipinski definition) is 1. The van der Waals surface area contributed by atoms with Gasteiger partial charge < -0.3 is 5.32 Å². The highest BCUT2D eigenvalue weighted by atomic mass is 79.9. The molecule has 0 heterocycles. The number of benzene rings is 1. The lowest BCUT2D eigenvalue weighted by Gasteiger charge is -2.33. The summed E-state index contributed by atoms with van der Waals surface area (Å²) in [4.78, 5) is 0. The van der Waals surface area contributed by atoms with Gasteiger partial charge in [0.05, 0.1) is 5.02 Å². The van der Waals surface area contributed by atoms with Crippen LogP contribution in [0.5, 0.6) is 0 Å². The molecule has 4 heteroatoms. The second kappa shape index (κ2) is 7.05. The summed E-state index contributed by atoms with van der Waals surface area (Å²) in [5.41, 5.74) is 0.765. The molecule has 0 aliphatic heterocycles. The molecule has 1 aliphatic rings. The Morgan fingerprint density at radius 1 is 1.37 bits per heavy atom. The Hall–Kier alpha value is -0.120. The van der Waals surface area contributed by atoms with Crippen molar-refractivity contribution in [2.45, 2.75) is 51.0 Å². The highest BCUT2D eigenvalue weighted by molar-refractivity contribution is 9.10. The third-order valence-corrected chi connectivity index (χ3v) is 5.15. The number of rotatable bonds is 4. The third kappa shape index (κ3) is 3.50. The molecule has 1 aliphatic carbocycles. The number of halogens is 3. The summed E-state index contributed by atoms with van der Waals surface area (Å²) in [6.07, 6.45) is 5.66. The molecule has 2 atom stereocenters. The highest BCUT2D eigenvalue weighted by Gasteiger charge is 2.29. The summed E-state index contributed by atoms with van der Waals surface area (Å²) >= 11 is 9.29. The fraction of sp³-hybridized carbons (Fsp3) is 0.600. The summed E-state index contributed by atoms with van der Waals surface area (Å²) in [6.45, 7) is 3.15. The van der Waals surface area contributed by atoms with Crippen LogP contribution in [0.4, 0.5) is 4.39 Å². The second-order valence-electron chi connectivity index (χ2n) is 5.22. The van der Waals surface area contributed by atoms with Gasteiger partial charge in [0.25, 0.3) is 0 Å². The van der Waals surface area contributed by atoms with E-state index in [9.17, 15) is 4.39 Å². The van der Waals surface area contributed by atoms with Crippen molar-refractivity contribution in [3.63, 3.8) is 0 Å². The molecule has 1 saturated carbocycles. The van der Waals surface area contributed by atoms with E-state index in [1.165, 1.54) is 12.8 Å². The van der Waals surface area contributed by atoms with Crippen LogP contribution in [0.1, 0.15) is 50.5 Å². The van der Waals surface area contributed by atoms with E-state index in [1.54, 1.807) is 0 Å². The Balaban J connectivity index is 2.24. The van der Waals surface area contributed by atoms with Crippen molar-refractivity contribution in [3.05, 3.63) is 33.0 Å². The maximum absolute atomic E-state index is 14.4. The maximum atomic E-state index is 14.4. The van der Waals surface area contributed by atoms with Crippen LogP contribution in [-0.2, 0) is 0 Å². The number of hydrogen-bond acceptors (Lipinski definition) is 1. The van der Waals surface area contributed by atoms with Gasteiger partial charge >= 0.3 is 0 Å². The maximum Gasteiger partial charge on any atom is 0.146 e. The quantitative estimate of drug-likeness (QED) is 0.731. The fourth-order valence-electron chi connectivity index (χ4n) is 2.90. The van der Waals surface area contributed by atoms with Gasteiger partial charge in [0.2, 0.25) is 0 Å². The monoisotopic (exact) mass is 347 g/mol. The largest absolute Gasteiger partial charge is 0.313 e. The van der Waals surface area contributed by atoms with Crippen LogP contribution < -0.4 is 5.32 Å². The summed E-state index contributed by atoms with van der Waals surface area (Å²) in [5.74, 6) is -0.0165. The highest BCUT2D eigenvalue weighted by Crippen LogP contribution is 2.38. The molecule has 1 nitrogen and oxygen atoms in total. The molecule has 106 valence electrons. The molecule has 1 aromatic rings. The van der Waals surface area contributed by atoms with E-state index in [0.717, 1.165) is 31.4 Å². The van der Waals surface area contributed by atoms with Crippen LogP contribution in [0.25, 0.3) is 0 Å². The van der Waals surface area contributed by atoms with Crippen molar-refractivity contribution >= 4 is 27.5 Å². The molecular formula is C15H20BrClFN. The van der Waals surface area contributed by atoms with E-state index in [-0.39, 0.29) is 16.8 Å². The van der Waals surface area contributed by atoms with E-state index in [4.69, 9.17) is 11.6 Å². The van der Waals surface area contributed by atoms with Gasteiger partial charge in [0, 0.05) is 16.4 Å². The predicted octanol–water partition coefficient (Wildman–Crippen LogP) is 5.27. The molecule has 1 N–H and O–H groups in total. The van der Waals surface area contributed by atoms with Gasteiger partial charge in [-0.3, -0.25) is 0 Å². The average Bonchev–Trinajstić information content (AvgIpc) is 2.43. The summed E-state index contributed by atoms with van der Waals surface area (Å²) in [6, 6.07) is 4.11. The van der Waals surface area contributed by atoms with Gasteiger partial charge in [-0.05, 0) is 53.4 Å². The van der Waals surface area contributed by atoms with Gasteiger partial charge in [-0.1, -0.05) is 37.4 Å². The van der Waals surface area contributed by atoms with Crippen molar-refractivity contribution in [1.82, 2.24) is 5.32 Å². The fourth-order valence-corrected chi connectivity index (χ4v) is 3.38. The van der Waals surface area contributed by atoms with Crippen LogP contribution in [0.2, 0.25) is 5.02 Å². The Kier molecular flexibility index (Phi) is 5.67. The molecule has 0 bridgehead atoms. The molecule has 0 amide bonds. The van der Waals surface area contributed by atoms with Crippen molar-refractivity contribution in [1.29, 1.82) is 0 Å². The Labute approximate surface area is 128 Å². The standard InChI is InChI=1S/C15H20BrClFN/c1-2-9-19-13-6-4-3-5-10(13)11-7-8-12(16)14(17)15(11)18/h7-8,10,13,19H,2-6,9H2,1H3. The van der Waals surface area contributed by atoms with E-state index >= 15 is 0 Å². The molecular weight excluding hydrogens is 329 g/mol. The SMILES string of the molecule is CCCNC1CCCCC1c1ccc(Br)c(Cl)c1F. The molecule has 2 rings (SSSR count). The predicted molar refractivity (Wildman–Crippen MR) is 82.4 cm³/mol. The van der Waals surface area contributed by atoms with Gasteiger partial charge in [-0.25, -0.2) is 4.39 Å². The molecule has 0 aromatic heterocycles. The molecule has 0 spiro atoms. The molecule has 1 aromatic carbocycles. The zero-order chi connectivity index (χ0) is 13.8. The first-order valence-corrected chi connectivity index (χ1v) is 8.19. The molecule has 0 saturated heterocycles. The van der Waals surface area contributed by atoms with Crippen LogP contribution in [-0.4, -0.2) is 12.6 Å². The Morgan fingerprint density at radius 2 is 2.11 bits per heavy atom. The van der Waals surface area contributed by atoms with E-state index in [2.05, 4.69) is 28.2 Å². The third-order valence-electron chi connectivity index (χ3n) is 3.89. The topological polar surface area (TPSA) is 12.0 Å². The molecule has 19 heavy (non-hydrogen) atoms. The first-order valence-electron chi connectivity index (χ1n) is 7.02. The smallest absolute Gasteiger partial charge is 0.146 e. The van der Waals surface area contributed by atoms with Crippen molar-refractivity contribution < 1.29 is 4.39 Å². The van der Waals surface area contributed by atoms with Crippen LogP contribution >= 0.6 is 27.5 Å². The van der Waals surface area contributed by atoms with Crippen LogP contribution in [0, 0.1) is 5.82 Å². The van der Waals surface area contributed by atoms with Gasteiger partial charge in [-0.2, -0.15) is 0 Å². The van der Waals surface area contributed by atoms with Gasteiger partial charge in [-0.15, -0.1) is 0 Å². The minimum atomic E-state index is -0.258. The Morgan fingerprint density at radius 3 is 2.84 bits per heavy atom. The van der Waals surface area contributed by atoms with Crippen LogP contribution in [0.15, 0.2) is 16.6 Å². The minimum absolute atomic E-state index is 0.206. The van der Waals surface area contributed by atoms with E-state index in [1.807, 2.05) is 12.1 Å². The van der Waals surface area contributed by atoms with Crippen molar-refractivity contribution in [2.75, 3.05) is 6.54 Å². The molecule has 2 unspecified atom stereocenters. The van der Waals surface area contributed by atoms with Crippen molar-refractivity contribution in [2.24, 2.45) is 0 Å². The lowest BCUT2D eigenvalue weighted by molar-refractivity contribution is 0.322. The van der Waals surface area contributed by atoms with Crippen molar-refractivity contribution in [3.8, 4) is 0 Å². The number of nitrogens with one attached hydrogen (secondary N) is 1. The second-order valence-corrected chi connectivity index (χ2v) is 6.45. The molecule has 0 radical (unpaired) electrons. The zero-order valence-corrected chi connectivity index (χ0v) is 13.5. The van der Waals surface area contributed by atoms with Crippen LogP contribution in [0.3, 0.4) is 0 Å². The first-order chi connectivity index (χ1) is 9.15. The van der Waals surface area contributed by atoms with Gasteiger partial charge in [0.1, 0.15) is 5.82 Å². The molecule has 1 fully saturated rings. The zero-order valence-electron chi connectivity index (χ0n) is 11.2.